The molecule has 0 aliphatic heterocycles. The minimum Gasteiger partial charge on any atom is -0.409 e. The summed E-state index contributed by atoms with van der Waals surface area (Å²) in [5.74, 6) is -1.13. The minimum absolute atomic E-state index is 0.0834. The summed E-state index contributed by atoms with van der Waals surface area (Å²) in [5, 5.41) is 11.6. The highest BCUT2D eigenvalue weighted by Gasteiger charge is 2.11. The Hall–Kier alpha value is -2.08. The molecule has 2 aromatic rings. The van der Waals surface area contributed by atoms with Crippen molar-refractivity contribution >= 4 is 17.6 Å². The number of halogens is 2. The molecule has 0 radical (unpaired) electrons. The summed E-state index contributed by atoms with van der Waals surface area (Å²) in [6.45, 7) is 0. The summed E-state index contributed by atoms with van der Waals surface area (Å²) in [6, 6.07) is 9.96. The molecular formula is C13H10F2N2OS. The smallest absolute Gasteiger partial charge is 0.171 e. The van der Waals surface area contributed by atoms with E-state index in [9.17, 15) is 8.78 Å². The van der Waals surface area contributed by atoms with Crippen LogP contribution in [-0.2, 0) is 0 Å². The molecule has 19 heavy (non-hydrogen) atoms. The zero-order valence-electron chi connectivity index (χ0n) is 9.68. The fourth-order valence-corrected chi connectivity index (χ4v) is 2.50. The first-order valence-electron chi connectivity index (χ1n) is 5.31. The first kappa shape index (κ1) is 13.4. The molecule has 0 fully saturated rings. The second-order valence-electron chi connectivity index (χ2n) is 3.66. The Morgan fingerprint density at radius 3 is 2.58 bits per heavy atom. The van der Waals surface area contributed by atoms with Crippen LogP contribution < -0.4 is 5.73 Å². The van der Waals surface area contributed by atoms with Gasteiger partial charge in [-0.05, 0) is 24.3 Å². The van der Waals surface area contributed by atoms with Crippen LogP contribution in [0.1, 0.15) is 5.56 Å². The maximum absolute atomic E-state index is 13.6. The molecule has 0 saturated carbocycles. The normalized spacial score (nSPS) is 11.6. The second kappa shape index (κ2) is 5.71. The highest BCUT2D eigenvalue weighted by molar-refractivity contribution is 7.99. The predicted octanol–water partition coefficient (Wildman–Crippen LogP) is 3.21. The second-order valence-corrected chi connectivity index (χ2v) is 4.74. The van der Waals surface area contributed by atoms with E-state index in [-0.39, 0.29) is 10.7 Å². The molecule has 2 rings (SSSR count). The molecule has 3 nitrogen and oxygen atoms in total. The van der Waals surface area contributed by atoms with E-state index in [1.807, 2.05) is 0 Å². The van der Waals surface area contributed by atoms with Crippen molar-refractivity contribution in [2.45, 2.75) is 9.79 Å². The molecule has 0 bridgehead atoms. The van der Waals surface area contributed by atoms with E-state index in [0.29, 0.717) is 10.5 Å². The van der Waals surface area contributed by atoms with Gasteiger partial charge < -0.3 is 10.9 Å². The quantitative estimate of drug-likeness (QED) is 0.393. The van der Waals surface area contributed by atoms with E-state index >= 15 is 0 Å². The number of rotatable bonds is 3. The van der Waals surface area contributed by atoms with Gasteiger partial charge in [0.15, 0.2) is 5.84 Å². The van der Waals surface area contributed by atoms with Crippen LogP contribution in [0.4, 0.5) is 8.78 Å². The van der Waals surface area contributed by atoms with Gasteiger partial charge >= 0.3 is 0 Å². The molecule has 0 unspecified atom stereocenters. The third-order valence-electron chi connectivity index (χ3n) is 2.38. The number of benzene rings is 2. The molecule has 0 saturated heterocycles. The zero-order valence-corrected chi connectivity index (χ0v) is 10.5. The molecule has 2 aromatic carbocycles. The Kier molecular flexibility index (Phi) is 4.01. The number of hydrogen-bond donors (Lipinski definition) is 2. The van der Waals surface area contributed by atoms with Crippen molar-refractivity contribution in [3.63, 3.8) is 0 Å². The lowest BCUT2D eigenvalue weighted by Crippen LogP contribution is -2.14. The van der Waals surface area contributed by atoms with Crippen molar-refractivity contribution in [3.05, 3.63) is 59.7 Å². The molecule has 98 valence electrons. The van der Waals surface area contributed by atoms with Crippen LogP contribution >= 0.6 is 11.8 Å². The van der Waals surface area contributed by atoms with E-state index in [1.165, 1.54) is 0 Å². The van der Waals surface area contributed by atoms with Crippen LogP contribution in [0.5, 0.6) is 0 Å². The lowest BCUT2D eigenvalue weighted by Gasteiger charge is -2.08. The zero-order chi connectivity index (χ0) is 13.8. The Morgan fingerprint density at radius 1 is 1.11 bits per heavy atom. The minimum atomic E-state index is -0.527. The fourth-order valence-electron chi connectivity index (χ4n) is 1.49. The Bertz CT molecular complexity index is 632. The topological polar surface area (TPSA) is 58.6 Å². The highest BCUT2D eigenvalue weighted by atomic mass is 32.2. The van der Waals surface area contributed by atoms with Gasteiger partial charge in [-0.1, -0.05) is 35.1 Å². The molecule has 0 heterocycles. The van der Waals surface area contributed by atoms with E-state index in [4.69, 9.17) is 10.9 Å². The van der Waals surface area contributed by atoms with Crippen LogP contribution in [0.25, 0.3) is 0 Å². The van der Waals surface area contributed by atoms with Gasteiger partial charge in [0.2, 0.25) is 0 Å². The van der Waals surface area contributed by atoms with Crippen molar-refractivity contribution in [2.75, 3.05) is 0 Å². The standard InChI is InChI=1S/C13H10F2N2OS/c14-8-5-6-10(15)12(7-8)19-11-4-2-1-3-9(11)13(16)17-18/h1-7,18H,(H2,16,17). The molecule has 3 N–H and O–H groups in total. The predicted molar refractivity (Wildman–Crippen MR) is 69.4 cm³/mol. The van der Waals surface area contributed by atoms with Gasteiger partial charge in [0.25, 0.3) is 0 Å². The Morgan fingerprint density at radius 2 is 1.84 bits per heavy atom. The van der Waals surface area contributed by atoms with Gasteiger partial charge in [-0.15, -0.1) is 0 Å². The summed E-state index contributed by atoms with van der Waals surface area (Å²) >= 11 is 1.01. The van der Waals surface area contributed by atoms with E-state index < -0.39 is 11.6 Å². The van der Waals surface area contributed by atoms with Crippen LogP contribution in [0.2, 0.25) is 0 Å². The van der Waals surface area contributed by atoms with Crippen molar-refractivity contribution in [3.8, 4) is 0 Å². The Balaban J connectivity index is 2.41. The highest BCUT2D eigenvalue weighted by Crippen LogP contribution is 2.32. The van der Waals surface area contributed by atoms with Crippen LogP contribution in [0.3, 0.4) is 0 Å². The summed E-state index contributed by atoms with van der Waals surface area (Å²) in [7, 11) is 0. The van der Waals surface area contributed by atoms with Crippen molar-refractivity contribution in [1.82, 2.24) is 0 Å². The monoisotopic (exact) mass is 280 g/mol. The average Bonchev–Trinajstić information content (AvgIpc) is 2.42. The van der Waals surface area contributed by atoms with Crippen LogP contribution in [0, 0.1) is 11.6 Å². The molecular weight excluding hydrogens is 270 g/mol. The molecule has 0 aliphatic rings. The van der Waals surface area contributed by atoms with Gasteiger partial charge in [0.1, 0.15) is 11.6 Å². The third-order valence-corrected chi connectivity index (χ3v) is 3.49. The number of amidine groups is 1. The largest absolute Gasteiger partial charge is 0.409 e. The van der Waals surface area contributed by atoms with Crippen molar-refractivity contribution in [1.29, 1.82) is 0 Å². The van der Waals surface area contributed by atoms with Crippen LogP contribution in [-0.4, -0.2) is 11.0 Å². The Labute approximate surface area is 112 Å². The van der Waals surface area contributed by atoms with E-state index in [1.54, 1.807) is 24.3 Å². The maximum Gasteiger partial charge on any atom is 0.171 e. The maximum atomic E-state index is 13.6. The summed E-state index contributed by atoms with van der Waals surface area (Å²) in [6.07, 6.45) is 0. The molecule has 6 heteroatoms. The number of oxime groups is 1. The molecule has 0 aliphatic carbocycles. The van der Waals surface area contributed by atoms with Gasteiger partial charge in [-0.3, -0.25) is 0 Å². The van der Waals surface area contributed by atoms with Gasteiger partial charge in [-0.25, -0.2) is 8.78 Å². The third kappa shape index (κ3) is 3.03. The van der Waals surface area contributed by atoms with E-state index in [2.05, 4.69) is 5.16 Å². The first-order chi connectivity index (χ1) is 9.11. The summed E-state index contributed by atoms with van der Waals surface area (Å²) in [5.41, 5.74) is 5.99. The molecule has 0 atom stereocenters. The summed E-state index contributed by atoms with van der Waals surface area (Å²) < 4.78 is 26.7. The molecule has 0 spiro atoms. The average molecular weight is 280 g/mol. The molecule has 0 amide bonds. The number of nitrogens with zero attached hydrogens (tertiary/aromatic N) is 1. The van der Waals surface area contributed by atoms with Crippen LogP contribution in [0.15, 0.2) is 57.4 Å². The van der Waals surface area contributed by atoms with Gasteiger partial charge in [-0.2, -0.15) is 0 Å². The van der Waals surface area contributed by atoms with Crippen molar-refractivity contribution in [2.24, 2.45) is 10.9 Å². The number of nitrogens with two attached hydrogens (primary N) is 1. The molecule has 0 aromatic heterocycles. The number of hydrogen-bond acceptors (Lipinski definition) is 3. The van der Waals surface area contributed by atoms with Gasteiger partial charge in [0.05, 0.1) is 4.90 Å². The fraction of sp³-hybridized carbons (Fsp3) is 0. The van der Waals surface area contributed by atoms with E-state index in [0.717, 1.165) is 30.0 Å². The van der Waals surface area contributed by atoms with Crippen molar-refractivity contribution < 1.29 is 14.0 Å². The first-order valence-corrected chi connectivity index (χ1v) is 6.13. The summed E-state index contributed by atoms with van der Waals surface area (Å²) in [4.78, 5) is 0.709. The SMILES string of the molecule is N/C(=N\O)c1ccccc1Sc1cc(F)ccc1F. The lowest BCUT2D eigenvalue weighted by molar-refractivity contribution is 0.318. The van der Waals surface area contributed by atoms with Gasteiger partial charge in [0, 0.05) is 10.5 Å². The lowest BCUT2D eigenvalue weighted by atomic mass is 10.2.